The van der Waals surface area contributed by atoms with E-state index in [-0.39, 0.29) is 5.91 Å². The highest BCUT2D eigenvalue weighted by Crippen LogP contribution is 2.15. The fourth-order valence-electron chi connectivity index (χ4n) is 2.12. The molecule has 0 aliphatic rings. The third-order valence-corrected chi connectivity index (χ3v) is 3.24. The van der Waals surface area contributed by atoms with Crippen molar-refractivity contribution in [2.75, 3.05) is 26.0 Å². The minimum Gasteiger partial charge on any atom is -0.396 e. The van der Waals surface area contributed by atoms with Gasteiger partial charge in [-0.15, -0.1) is 0 Å². The van der Waals surface area contributed by atoms with Crippen molar-refractivity contribution < 1.29 is 9.53 Å². The van der Waals surface area contributed by atoms with Gasteiger partial charge < -0.3 is 15.4 Å². The number of carbonyl (C=O) groups is 1. The summed E-state index contributed by atoms with van der Waals surface area (Å²) in [6.45, 7) is 1.47. The van der Waals surface area contributed by atoms with Crippen LogP contribution in [0, 0.1) is 0 Å². The number of nitrogens with two attached hydrogens (primary N) is 1. The highest BCUT2D eigenvalue weighted by molar-refractivity contribution is 5.97. The lowest BCUT2D eigenvalue weighted by molar-refractivity contribution is 0.0670. The zero-order valence-electron chi connectivity index (χ0n) is 12.3. The third kappa shape index (κ3) is 3.61. The predicted octanol–water partition coefficient (Wildman–Crippen LogP) is 1.29. The van der Waals surface area contributed by atoms with Crippen LogP contribution in [0.2, 0.25) is 0 Å². The number of nitrogen functional groups attached to an aromatic ring is 1. The predicted molar refractivity (Wildman–Crippen MR) is 80.7 cm³/mol. The highest BCUT2D eigenvalue weighted by Gasteiger charge is 2.21. The summed E-state index contributed by atoms with van der Waals surface area (Å²) in [6.07, 6.45) is 1.49. The van der Waals surface area contributed by atoms with Crippen LogP contribution in [-0.4, -0.2) is 40.8 Å². The summed E-state index contributed by atoms with van der Waals surface area (Å²) < 4.78 is 6.59. The molecule has 0 fully saturated rings. The molecule has 6 heteroatoms. The van der Waals surface area contributed by atoms with Gasteiger partial charge in [0.15, 0.2) is 0 Å². The molecule has 0 saturated carbocycles. The Bertz CT molecular complexity index is 575. The number of aryl methyl sites for hydroxylation is 1. The van der Waals surface area contributed by atoms with Gasteiger partial charge in [-0.2, -0.15) is 5.10 Å². The molecular formula is C15H20N4O2. The molecule has 0 saturated heterocycles. The summed E-state index contributed by atoms with van der Waals surface area (Å²) in [5, 5.41) is 4.02. The number of hydrogen-bond donors (Lipinski definition) is 1. The van der Waals surface area contributed by atoms with Gasteiger partial charge in [0.1, 0.15) is 5.69 Å². The van der Waals surface area contributed by atoms with Crippen LogP contribution in [0.15, 0.2) is 36.5 Å². The summed E-state index contributed by atoms with van der Waals surface area (Å²) in [6, 6.07) is 9.82. The first-order chi connectivity index (χ1) is 10.1. The average Bonchev–Trinajstić information content (AvgIpc) is 2.83. The second-order valence-corrected chi connectivity index (χ2v) is 4.78. The van der Waals surface area contributed by atoms with E-state index in [0.29, 0.717) is 31.1 Å². The Hall–Kier alpha value is -2.34. The Morgan fingerprint density at radius 2 is 2.10 bits per heavy atom. The van der Waals surface area contributed by atoms with Gasteiger partial charge >= 0.3 is 0 Å². The second kappa shape index (κ2) is 6.90. The Labute approximate surface area is 124 Å². The molecule has 112 valence electrons. The van der Waals surface area contributed by atoms with Crippen molar-refractivity contribution in [3.63, 3.8) is 0 Å². The van der Waals surface area contributed by atoms with E-state index in [2.05, 4.69) is 5.10 Å². The first kappa shape index (κ1) is 15.1. The molecule has 0 spiro atoms. The summed E-state index contributed by atoms with van der Waals surface area (Å²) in [5.74, 6) is -0.145. The lowest BCUT2D eigenvalue weighted by Crippen LogP contribution is -2.35. The molecule has 1 amide bonds. The number of ether oxygens (including phenoxy) is 1. The van der Waals surface area contributed by atoms with Crippen molar-refractivity contribution in [2.24, 2.45) is 7.05 Å². The van der Waals surface area contributed by atoms with Crippen LogP contribution in [0.5, 0.6) is 0 Å². The summed E-state index contributed by atoms with van der Waals surface area (Å²) in [4.78, 5) is 14.4. The smallest absolute Gasteiger partial charge is 0.274 e. The maximum Gasteiger partial charge on any atom is 0.274 e. The molecule has 21 heavy (non-hydrogen) atoms. The van der Waals surface area contributed by atoms with Crippen molar-refractivity contribution in [3.05, 3.63) is 47.8 Å². The van der Waals surface area contributed by atoms with Crippen molar-refractivity contribution >= 4 is 11.6 Å². The van der Waals surface area contributed by atoms with Gasteiger partial charge in [-0.1, -0.05) is 30.3 Å². The maximum absolute atomic E-state index is 12.7. The van der Waals surface area contributed by atoms with Crippen LogP contribution < -0.4 is 5.73 Å². The summed E-state index contributed by atoms with van der Waals surface area (Å²) in [7, 11) is 3.32. The lowest BCUT2D eigenvalue weighted by atomic mass is 10.2. The average molecular weight is 288 g/mol. The number of aromatic nitrogens is 2. The molecule has 0 bridgehead atoms. The molecule has 0 unspecified atom stereocenters. The zero-order valence-corrected chi connectivity index (χ0v) is 12.3. The number of carbonyl (C=O) groups excluding carboxylic acids is 1. The van der Waals surface area contributed by atoms with Crippen LogP contribution in [0.3, 0.4) is 0 Å². The first-order valence-corrected chi connectivity index (χ1v) is 6.73. The van der Waals surface area contributed by atoms with Gasteiger partial charge in [0.05, 0.1) is 18.5 Å². The number of rotatable bonds is 6. The topological polar surface area (TPSA) is 73.4 Å². The van der Waals surface area contributed by atoms with E-state index in [1.165, 1.54) is 10.9 Å². The van der Waals surface area contributed by atoms with E-state index < -0.39 is 0 Å². The number of anilines is 1. The number of benzene rings is 1. The molecule has 0 radical (unpaired) electrons. The Morgan fingerprint density at radius 1 is 1.38 bits per heavy atom. The molecule has 1 aromatic heterocycles. The fraction of sp³-hybridized carbons (Fsp3) is 0.333. The van der Waals surface area contributed by atoms with E-state index in [0.717, 1.165) is 5.56 Å². The van der Waals surface area contributed by atoms with E-state index >= 15 is 0 Å². The van der Waals surface area contributed by atoms with Gasteiger partial charge in [-0.05, 0) is 5.56 Å². The van der Waals surface area contributed by atoms with Gasteiger partial charge in [-0.3, -0.25) is 9.48 Å². The molecule has 0 atom stereocenters. The van der Waals surface area contributed by atoms with E-state index in [1.807, 2.05) is 30.3 Å². The lowest BCUT2D eigenvalue weighted by Gasteiger charge is -2.22. The van der Waals surface area contributed by atoms with Crippen molar-refractivity contribution in [1.29, 1.82) is 0 Å². The molecule has 6 nitrogen and oxygen atoms in total. The van der Waals surface area contributed by atoms with Gasteiger partial charge in [0.25, 0.3) is 5.91 Å². The van der Waals surface area contributed by atoms with Gasteiger partial charge in [-0.25, -0.2) is 0 Å². The number of methoxy groups -OCH3 is 1. The Kier molecular flexibility index (Phi) is 4.94. The summed E-state index contributed by atoms with van der Waals surface area (Å²) in [5.41, 5.74) is 7.69. The quantitative estimate of drug-likeness (QED) is 0.869. The van der Waals surface area contributed by atoms with E-state index in [4.69, 9.17) is 10.5 Å². The normalized spacial score (nSPS) is 10.6. The van der Waals surface area contributed by atoms with Crippen molar-refractivity contribution in [3.8, 4) is 0 Å². The number of amides is 1. The first-order valence-electron chi connectivity index (χ1n) is 6.73. The Morgan fingerprint density at radius 3 is 2.67 bits per heavy atom. The zero-order chi connectivity index (χ0) is 15.2. The molecule has 2 N–H and O–H groups in total. The van der Waals surface area contributed by atoms with Crippen LogP contribution in [-0.2, 0) is 18.3 Å². The SMILES string of the molecule is COCCN(Cc1ccccc1)C(=O)c1c(N)cnn1C. The second-order valence-electron chi connectivity index (χ2n) is 4.78. The van der Waals surface area contributed by atoms with Crippen LogP contribution >= 0.6 is 0 Å². The van der Waals surface area contributed by atoms with Crippen LogP contribution in [0.1, 0.15) is 16.1 Å². The standard InChI is InChI=1S/C15H20N4O2/c1-18-14(13(16)10-17-18)15(20)19(8-9-21-2)11-12-6-4-3-5-7-12/h3-7,10H,8-9,11,16H2,1-2H3. The van der Waals surface area contributed by atoms with Crippen molar-refractivity contribution in [1.82, 2.24) is 14.7 Å². The molecule has 0 aliphatic heterocycles. The van der Waals surface area contributed by atoms with Gasteiger partial charge in [0, 0.05) is 27.2 Å². The molecule has 0 aliphatic carbocycles. The number of nitrogens with zero attached hydrogens (tertiary/aromatic N) is 3. The largest absolute Gasteiger partial charge is 0.396 e. The van der Waals surface area contributed by atoms with Gasteiger partial charge in [0.2, 0.25) is 0 Å². The number of hydrogen-bond acceptors (Lipinski definition) is 4. The Balaban J connectivity index is 2.21. The molecule has 1 aromatic carbocycles. The molecular weight excluding hydrogens is 268 g/mol. The molecule has 2 rings (SSSR count). The van der Waals surface area contributed by atoms with Crippen molar-refractivity contribution in [2.45, 2.75) is 6.54 Å². The van der Waals surface area contributed by atoms with E-state index in [9.17, 15) is 4.79 Å². The summed E-state index contributed by atoms with van der Waals surface area (Å²) >= 11 is 0. The van der Waals surface area contributed by atoms with Crippen LogP contribution in [0.25, 0.3) is 0 Å². The monoisotopic (exact) mass is 288 g/mol. The minimum atomic E-state index is -0.145. The fourth-order valence-corrected chi connectivity index (χ4v) is 2.12. The molecule has 2 aromatic rings. The van der Waals surface area contributed by atoms with E-state index in [1.54, 1.807) is 19.1 Å². The third-order valence-electron chi connectivity index (χ3n) is 3.24. The molecule has 1 heterocycles. The van der Waals surface area contributed by atoms with Crippen LogP contribution in [0.4, 0.5) is 5.69 Å². The minimum absolute atomic E-state index is 0.145. The highest BCUT2D eigenvalue weighted by atomic mass is 16.5. The maximum atomic E-state index is 12.7.